The van der Waals surface area contributed by atoms with E-state index in [0.717, 1.165) is 0 Å². The normalized spacial score (nSPS) is 10.3. The maximum absolute atomic E-state index is 11.6. The van der Waals surface area contributed by atoms with Gasteiger partial charge in [0.2, 0.25) is 0 Å². The number of rotatable bonds is 4. The van der Waals surface area contributed by atoms with Crippen molar-refractivity contribution < 1.29 is 9.90 Å². The van der Waals surface area contributed by atoms with E-state index in [2.05, 4.69) is 20.8 Å². The van der Waals surface area contributed by atoms with Crippen LogP contribution in [0.2, 0.25) is 0 Å². The minimum absolute atomic E-state index is 0.179. The number of carbonyl (C=O) groups is 1. The van der Waals surface area contributed by atoms with Crippen molar-refractivity contribution in [1.29, 1.82) is 0 Å². The molecule has 2 rings (SSSR count). The van der Waals surface area contributed by atoms with Gasteiger partial charge in [0.15, 0.2) is 0 Å². The predicted octanol–water partition coefficient (Wildman–Crippen LogP) is 1.38. The van der Waals surface area contributed by atoms with Crippen molar-refractivity contribution in [2.75, 3.05) is 0 Å². The molecule has 0 radical (unpaired) electrons. The minimum atomic E-state index is -0.278. The second-order valence-electron chi connectivity index (χ2n) is 3.61. The van der Waals surface area contributed by atoms with Gasteiger partial charge < -0.3 is 5.11 Å². The Morgan fingerprint density at radius 2 is 1.84 bits per heavy atom. The number of carbonyl (C=O) groups excluding carboxylic acids is 1. The highest BCUT2D eigenvalue weighted by Crippen LogP contribution is 2.15. The summed E-state index contributed by atoms with van der Waals surface area (Å²) in [5.74, 6) is -0.0996. The largest absolute Gasteiger partial charge is 0.508 e. The molecule has 0 saturated carbocycles. The van der Waals surface area contributed by atoms with Crippen LogP contribution in [0.3, 0.4) is 0 Å². The summed E-state index contributed by atoms with van der Waals surface area (Å²) in [5, 5.41) is 9.10. The molecule has 1 aromatic heterocycles. The maximum atomic E-state index is 11.6. The summed E-state index contributed by atoms with van der Waals surface area (Å²) in [6.45, 7) is 0. The molecule has 0 fully saturated rings. The van der Waals surface area contributed by atoms with Crippen LogP contribution in [0.5, 0.6) is 5.75 Å². The lowest BCUT2D eigenvalue weighted by Gasteiger charge is -2.03. The Labute approximate surface area is 109 Å². The van der Waals surface area contributed by atoms with E-state index in [1.165, 1.54) is 18.5 Å². The van der Waals surface area contributed by atoms with E-state index in [-0.39, 0.29) is 11.7 Å². The molecule has 0 bridgehead atoms. The third-order valence-electron chi connectivity index (χ3n) is 2.26. The Hall–Kier alpha value is -2.89. The summed E-state index contributed by atoms with van der Waals surface area (Å²) in [7, 11) is 0. The molecule has 3 N–H and O–H groups in total. The van der Waals surface area contributed by atoms with Gasteiger partial charge in [-0.25, -0.2) is 4.99 Å². The number of pyridine rings is 1. The summed E-state index contributed by atoms with van der Waals surface area (Å²) in [4.78, 5) is 19.5. The van der Waals surface area contributed by atoms with Crippen LogP contribution in [0.1, 0.15) is 10.4 Å². The molecule has 1 heterocycles. The number of aliphatic imine (C=N–C) groups is 1. The first-order valence-corrected chi connectivity index (χ1v) is 5.53. The van der Waals surface area contributed by atoms with Crippen LogP contribution in [0.4, 0.5) is 5.69 Å². The fourth-order valence-corrected chi connectivity index (χ4v) is 1.32. The average molecular weight is 256 g/mol. The molecule has 1 aromatic carbocycles. The molecule has 6 nitrogen and oxygen atoms in total. The monoisotopic (exact) mass is 256 g/mol. The minimum Gasteiger partial charge on any atom is -0.508 e. The second-order valence-corrected chi connectivity index (χ2v) is 3.61. The van der Waals surface area contributed by atoms with Crippen LogP contribution in [0.25, 0.3) is 0 Å². The number of phenols is 1. The molecule has 19 heavy (non-hydrogen) atoms. The van der Waals surface area contributed by atoms with Gasteiger partial charge in [0.1, 0.15) is 12.1 Å². The number of aromatic hydroxyl groups is 1. The van der Waals surface area contributed by atoms with Crippen molar-refractivity contribution in [2.24, 2.45) is 4.99 Å². The highest BCUT2D eigenvalue weighted by Gasteiger charge is 2.01. The first kappa shape index (κ1) is 12.6. The van der Waals surface area contributed by atoms with Crippen molar-refractivity contribution in [3.05, 3.63) is 54.4 Å². The molecule has 0 unspecified atom stereocenters. The van der Waals surface area contributed by atoms with Crippen LogP contribution < -0.4 is 10.9 Å². The van der Waals surface area contributed by atoms with Crippen molar-refractivity contribution in [2.45, 2.75) is 0 Å². The zero-order valence-electron chi connectivity index (χ0n) is 9.95. The van der Waals surface area contributed by atoms with Crippen LogP contribution in [0, 0.1) is 0 Å². The van der Waals surface area contributed by atoms with Gasteiger partial charge in [0.25, 0.3) is 5.91 Å². The fourth-order valence-electron chi connectivity index (χ4n) is 1.32. The number of nitrogens with zero attached hydrogens (tertiary/aromatic N) is 2. The van der Waals surface area contributed by atoms with Gasteiger partial charge in [-0.1, -0.05) is 0 Å². The van der Waals surface area contributed by atoms with Crippen molar-refractivity contribution in [1.82, 2.24) is 15.8 Å². The zero-order chi connectivity index (χ0) is 13.5. The highest BCUT2D eigenvalue weighted by molar-refractivity contribution is 5.94. The summed E-state index contributed by atoms with van der Waals surface area (Å²) in [6.07, 6.45) is 4.43. The Balaban J connectivity index is 1.83. The number of nitrogens with one attached hydrogen (secondary N) is 2. The van der Waals surface area contributed by atoms with E-state index in [4.69, 9.17) is 5.11 Å². The number of benzene rings is 1. The fraction of sp³-hybridized carbons (Fsp3) is 0. The number of phenolic OH excluding ortho intramolecular Hbond substituents is 1. The number of amides is 1. The quantitative estimate of drug-likeness (QED) is 0.438. The van der Waals surface area contributed by atoms with E-state index in [1.807, 2.05) is 0 Å². The summed E-state index contributed by atoms with van der Waals surface area (Å²) in [6, 6.07) is 9.57. The molecule has 0 saturated heterocycles. The van der Waals surface area contributed by atoms with Gasteiger partial charge in [0.05, 0.1) is 5.69 Å². The van der Waals surface area contributed by atoms with E-state index < -0.39 is 0 Å². The topological polar surface area (TPSA) is 86.6 Å². The number of hydrogen-bond donors (Lipinski definition) is 3. The van der Waals surface area contributed by atoms with E-state index in [9.17, 15) is 4.79 Å². The zero-order valence-corrected chi connectivity index (χ0v) is 9.95. The lowest BCUT2D eigenvalue weighted by Crippen LogP contribution is -2.36. The van der Waals surface area contributed by atoms with E-state index in [0.29, 0.717) is 11.3 Å². The van der Waals surface area contributed by atoms with Gasteiger partial charge in [0, 0.05) is 18.0 Å². The molecule has 6 heteroatoms. The van der Waals surface area contributed by atoms with Gasteiger partial charge >= 0.3 is 0 Å². The van der Waals surface area contributed by atoms with E-state index in [1.54, 1.807) is 36.7 Å². The van der Waals surface area contributed by atoms with Gasteiger partial charge in [-0.2, -0.15) is 0 Å². The Morgan fingerprint density at radius 1 is 1.16 bits per heavy atom. The Bertz CT molecular complexity index is 567. The van der Waals surface area contributed by atoms with Crippen LogP contribution in [-0.2, 0) is 0 Å². The van der Waals surface area contributed by atoms with Crippen LogP contribution >= 0.6 is 0 Å². The molecule has 1 amide bonds. The molecule has 0 aliphatic rings. The lowest BCUT2D eigenvalue weighted by atomic mass is 10.3. The highest BCUT2D eigenvalue weighted by atomic mass is 16.3. The maximum Gasteiger partial charge on any atom is 0.269 e. The van der Waals surface area contributed by atoms with Crippen LogP contribution in [0.15, 0.2) is 53.8 Å². The molecule has 0 spiro atoms. The smallest absolute Gasteiger partial charge is 0.269 e. The second kappa shape index (κ2) is 6.15. The van der Waals surface area contributed by atoms with Crippen LogP contribution in [-0.4, -0.2) is 22.3 Å². The Kier molecular flexibility index (Phi) is 4.07. The average Bonchev–Trinajstić information content (AvgIpc) is 2.46. The summed E-state index contributed by atoms with van der Waals surface area (Å²) < 4.78 is 0. The summed E-state index contributed by atoms with van der Waals surface area (Å²) in [5.41, 5.74) is 6.19. The standard InChI is InChI=1S/C13H12N4O2/c18-12-3-1-11(2-4-12)15-9-16-17-13(19)10-5-7-14-8-6-10/h1-9,18H,(H,15,16)(H,17,19). The number of hydrogen-bond acceptors (Lipinski definition) is 4. The molecule has 0 atom stereocenters. The third kappa shape index (κ3) is 3.81. The van der Waals surface area contributed by atoms with Gasteiger partial charge in [-0.05, 0) is 36.4 Å². The first-order valence-electron chi connectivity index (χ1n) is 5.53. The Morgan fingerprint density at radius 3 is 2.53 bits per heavy atom. The molecule has 0 aliphatic carbocycles. The van der Waals surface area contributed by atoms with Gasteiger partial charge in [-0.3, -0.25) is 20.6 Å². The van der Waals surface area contributed by atoms with Gasteiger partial charge in [-0.15, -0.1) is 0 Å². The first-order chi connectivity index (χ1) is 9.25. The lowest BCUT2D eigenvalue weighted by molar-refractivity contribution is 0.0944. The summed E-state index contributed by atoms with van der Waals surface area (Å²) >= 11 is 0. The predicted molar refractivity (Wildman–Crippen MR) is 71.1 cm³/mol. The molecule has 2 aromatic rings. The molecular weight excluding hydrogens is 244 g/mol. The van der Waals surface area contributed by atoms with Crippen molar-refractivity contribution in [3.63, 3.8) is 0 Å². The molecule has 96 valence electrons. The number of aromatic nitrogens is 1. The van der Waals surface area contributed by atoms with Crippen molar-refractivity contribution >= 4 is 17.9 Å². The molecular formula is C13H12N4O2. The number of hydrazine groups is 1. The SMILES string of the molecule is O=C(NNC=Nc1ccc(O)cc1)c1ccncc1. The van der Waals surface area contributed by atoms with E-state index >= 15 is 0 Å². The van der Waals surface area contributed by atoms with Crippen molar-refractivity contribution in [3.8, 4) is 5.75 Å². The third-order valence-corrected chi connectivity index (χ3v) is 2.26. The molecule has 0 aliphatic heterocycles.